The third-order valence-corrected chi connectivity index (χ3v) is 7.07. The summed E-state index contributed by atoms with van der Waals surface area (Å²) in [7, 11) is 1.43. The molecule has 1 aliphatic carbocycles. The molecule has 2 aromatic rings. The van der Waals surface area contributed by atoms with Gasteiger partial charge >= 0.3 is 5.97 Å². The average molecular weight is 387 g/mol. The highest BCUT2D eigenvalue weighted by Crippen LogP contribution is 2.54. The van der Waals surface area contributed by atoms with Gasteiger partial charge in [0.15, 0.2) is 0 Å². The van der Waals surface area contributed by atoms with E-state index in [1.165, 1.54) is 23.8 Å². The number of aromatic amines is 1. The number of nitrogens with zero attached hydrogens (tertiary/aromatic N) is 1. The third kappa shape index (κ3) is 2.38. The molecule has 1 fully saturated rings. The first kappa shape index (κ1) is 17.1. The molecule has 5 atom stereocenters. The van der Waals surface area contributed by atoms with Crippen molar-refractivity contribution >= 4 is 28.5 Å². The molecule has 0 radical (unpaired) electrons. The van der Waals surface area contributed by atoms with E-state index in [0.717, 1.165) is 23.5 Å². The van der Waals surface area contributed by atoms with Gasteiger partial charge in [-0.15, -0.1) is 0 Å². The van der Waals surface area contributed by atoms with Crippen LogP contribution in [0.15, 0.2) is 30.0 Å². The number of methoxy groups -OCH3 is 1. The first-order valence-corrected chi connectivity index (χ1v) is 9.91. The number of aromatic nitrogens is 1. The van der Waals surface area contributed by atoms with Crippen molar-refractivity contribution in [1.29, 1.82) is 0 Å². The summed E-state index contributed by atoms with van der Waals surface area (Å²) in [6, 6.07) is 6.13. The maximum atomic E-state index is 12.4. The molecule has 27 heavy (non-hydrogen) atoms. The lowest BCUT2D eigenvalue weighted by molar-refractivity contribution is -0.137. The minimum absolute atomic E-state index is 0.0182. The minimum atomic E-state index is -0.405. The second-order valence-corrected chi connectivity index (χ2v) is 8.50. The van der Waals surface area contributed by atoms with Crippen molar-refractivity contribution < 1.29 is 14.6 Å². The number of aliphatic hydroxyl groups excluding tert-OH is 1. The average Bonchev–Trinajstić information content (AvgIpc) is 3.17. The van der Waals surface area contributed by atoms with Crippen LogP contribution < -0.4 is 0 Å². The molecule has 142 valence electrons. The fourth-order valence-corrected chi connectivity index (χ4v) is 5.74. The smallest absolute Gasteiger partial charge is 0.335 e. The van der Waals surface area contributed by atoms with Gasteiger partial charge < -0.3 is 19.7 Å². The van der Waals surface area contributed by atoms with Crippen molar-refractivity contribution in [3.63, 3.8) is 0 Å². The number of carbonyl (C=O) groups excluding carboxylic acids is 1. The summed E-state index contributed by atoms with van der Waals surface area (Å²) in [4.78, 5) is 18.3. The zero-order valence-electron chi connectivity index (χ0n) is 15.4. The van der Waals surface area contributed by atoms with Crippen LogP contribution in [0, 0.1) is 17.8 Å². The van der Waals surface area contributed by atoms with E-state index in [1.807, 2.05) is 18.3 Å². The standard InChI is InChI=1S/C21H23ClN2O3/c1-10-17(25)8-14-15(21(26)27-2)9-24-6-5-13-12-4-3-11(22)7-16(12)23-19(13)20(24)18(10)14/h3-4,7,9-10,14,17-18,20,23,25H,5-6,8H2,1-2H3/t10-,14+,17-,18+,20-/m0/s1. The largest absolute Gasteiger partial charge is 0.466 e. The van der Waals surface area contributed by atoms with E-state index < -0.39 is 6.10 Å². The van der Waals surface area contributed by atoms with Gasteiger partial charge in [0.25, 0.3) is 0 Å². The maximum absolute atomic E-state index is 12.4. The summed E-state index contributed by atoms with van der Waals surface area (Å²) in [5.41, 5.74) is 4.30. The summed E-state index contributed by atoms with van der Waals surface area (Å²) < 4.78 is 5.04. The van der Waals surface area contributed by atoms with Gasteiger partial charge in [-0.1, -0.05) is 24.6 Å². The molecular formula is C21H23ClN2O3. The Bertz CT molecular complexity index is 966. The van der Waals surface area contributed by atoms with Crippen molar-refractivity contribution in [2.24, 2.45) is 17.8 Å². The Balaban J connectivity index is 1.68. The summed E-state index contributed by atoms with van der Waals surface area (Å²) in [5.74, 6) is 0.0158. The van der Waals surface area contributed by atoms with Gasteiger partial charge in [-0.2, -0.15) is 0 Å². The number of hydrogen-bond donors (Lipinski definition) is 2. The molecule has 2 aliphatic heterocycles. The predicted octanol–water partition coefficient (Wildman–Crippen LogP) is 3.42. The number of aliphatic hydroxyl groups is 1. The van der Waals surface area contributed by atoms with E-state index in [-0.39, 0.29) is 29.8 Å². The summed E-state index contributed by atoms with van der Waals surface area (Å²) in [6.45, 7) is 2.95. The normalized spacial score (nSPS) is 31.9. The number of carbonyl (C=O) groups is 1. The number of benzene rings is 1. The monoisotopic (exact) mass is 386 g/mol. The molecule has 3 heterocycles. The molecular weight excluding hydrogens is 364 g/mol. The maximum Gasteiger partial charge on any atom is 0.335 e. The molecule has 1 aromatic carbocycles. The van der Waals surface area contributed by atoms with Crippen LogP contribution in [0.3, 0.4) is 0 Å². The molecule has 0 amide bonds. The SMILES string of the molecule is COC(=O)C1=CN2CCc3c([nH]c4cc(Cl)ccc34)[C@@H]2[C@@H]2[C@@H](C)[C@@H](O)C[C@H]12. The van der Waals surface area contributed by atoms with E-state index in [0.29, 0.717) is 12.0 Å². The van der Waals surface area contributed by atoms with Crippen LogP contribution in [0.5, 0.6) is 0 Å². The zero-order valence-corrected chi connectivity index (χ0v) is 16.2. The Morgan fingerprint density at radius 2 is 2.22 bits per heavy atom. The molecule has 3 aliphatic rings. The third-order valence-electron chi connectivity index (χ3n) is 6.84. The van der Waals surface area contributed by atoms with Crippen LogP contribution in [-0.2, 0) is 16.0 Å². The lowest BCUT2D eigenvalue weighted by Gasteiger charge is -2.46. The van der Waals surface area contributed by atoms with Crippen LogP contribution in [0.2, 0.25) is 5.02 Å². The molecule has 0 spiro atoms. The van der Waals surface area contributed by atoms with Gasteiger partial charge in [-0.3, -0.25) is 0 Å². The fraction of sp³-hybridized carbons (Fsp3) is 0.476. The molecule has 0 bridgehead atoms. The number of ether oxygens (including phenoxy) is 1. The van der Waals surface area contributed by atoms with E-state index in [4.69, 9.17) is 16.3 Å². The van der Waals surface area contributed by atoms with Crippen molar-refractivity contribution in [2.45, 2.75) is 31.9 Å². The van der Waals surface area contributed by atoms with E-state index in [2.05, 4.69) is 22.9 Å². The van der Waals surface area contributed by atoms with Gasteiger partial charge in [0.2, 0.25) is 0 Å². The highest BCUT2D eigenvalue weighted by atomic mass is 35.5. The Kier molecular flexibility index (Phi) is 3.82. The Morgan fingerprint density at radius 1 is 1.41 bits per heavy atom. The molecule has 2 N–H and O–H groups in total. The second-order valence-electron chi connectivity index (χ2n) is 8.06. The first-order valence-electron chi connectivity index (χ1n) is 9.53. The Hall–Kier alpha value is -1.98. The molecule has 6 heteroatoms. The summed E-state index contributed by atoms with van der Waals surface area (Å²) in [6.07, 6.45) is 3.09. The highest BCUT2D eigenvalue weighted by Gasteiger charge is 2.53. The van der Waals surface area contributed by atoms with Gasteiger partial charge in [0.1, 0.15) is 0 Å². The zero-order chi connectivity index (χ0) is 18.9. The van der Waals surface area contributed by atoms with Crippen LogP contribution in [0.25, 0.3) is 10.9 Å². The predicted molar refractivity (Wildman–Crippen MR) is 103 cm³/mol. The first-order chi connectivity index (χ1) is 13.0. The van der Waals surface area contributed by atoms with E-state index >= 15 is 0 Å². The van der Waals surface area contributed by atoms with Gasteiger partial charge in [-0.05, 0) is 42.4 Å². The quantitative estimate of drug-likeness (QED) is 0.737. The van der Waals surface area contributed by atoms with E-state index in [9.17, 15) is 9.90 Å². The summed E-state index contributed by atoms with van der Waals surface area (Å²) >= 11 is 6.20. The van der Waals surface area contributed by atoms with Gasteiger partial charge in [-0.25, -0.2) is 4.79 Å². The molecule has 1 aromatic heterocycles. The lowest BCUT2D eigenvalue weighted by Crippen LogP contribution is -2.44. The Morgan fingerprint density at radius 3 is 3.00 bits per heavy atom. The second kappa shape index (κ2) is 6.01. The fourth-order valence-electron chi connectivity index (χ4n) is 5.57. The number of H-pyrrole nitrogens is 1. The molecule has 5 nitrogen and oxygen atoms in total. The highest BCUT2D eigenvalue weighted by molar-refractivity contribution is 6.31. The molecule has 0 unspecified atom stereocenters. The van der Waals surface area contributed by atoms with Crippen LogP contribution in [0.4, 0.5) is 0 Å². The molecule has 1 saturated carbocycles. The molecule has 5 rings (SSSR count). The summed E-state index contributed by atoms with van der Waals surface area (Å²) in [5, 5.41) is 12.5. The number of fused-ring (bicyclic) bond motifs is 7. The van der Waals surface area contributed by atoms with E-state index in [1.54, 1.807) is 0 Å². The minimum Gasteiger partial charge on any atom is -0.466 e. The Labute approximate surface area is 162 Å². The van der Waals surface area contributed by atoms with Crippen LogP contribution in [-0.4, -0.2) is 40.7 Å². The molecule has 0 saturated heterocycles. The van der Waals surface area contributed by atoms with Crippen LogP contribution >= 0.6 is 11.6 Å². The van der Waals surface area contributed by atoms with Crippen molar-refractivity contribution in [2.75, 3.05) is 13.7 Å². The number of esters is 1. The topological polar surface area (TPSA) is 65.6 Å². The number of rotatable bonds is 1. The van der Waals surface area contributed by atoms with Crippen molar-refractivity contribution in [1.82, 2.24) is 9.88 Å². The van der Waals surface area contributed by atoms with Crippen LogP contribution in [0.1, 0.15) is 30.6 Å². The van der Waals surface area contributed by atoms with Gasteiger partial charge in [0.05, 0.1) is 24.8 Å². The number of halogens is 1. The lowest BCUT2D eigenvalue weighted by atomic mass is 9.74. The van der Waals surface area contributed by atoms with Gasteiger partial charge in [0, 0.05) is 40.3 Å². The number of nitrogens with one attached hydrogen (secondary N) is 1. The van der Waals surface area contributed by atoms with Crippen molar-refractivity contribution in [3.8, 4) is 0 Å². The van der Waals surface area contributed by atoms with Crippen molar-refractivity contribution in [3.05, 3.63) is 46.3 Å². The number of hydrogen-bond acceptors (Lipinski definition) is 4.